The number of nitrogens with one attached hydrogen (secondary N) is 2. The zero-order chi connectivity index (χ0) is 11.0. The Bertz CT molecular complexity index is 505. The zero-order valence-electron chi connectivity index (χ0n) is 8.66. The number of aromatic nitrogens is 2. The average molecular weight is 238 g/mol. The molecule has 2 aromatic heterocycles. The normalized spacial score (nSPS) is 21.4. The van der Waals surface area contributed by atoms with E-state index in [2.05, 4.69) is 15.3 Å². The summed E-state index contributed by atoms with van der Waals surface area (Å²) < 4.78 is 5.67. The van der Waals surface area contributed by atoms with Gasteiger partial charge in [0.15, 0.2) is 0 Å². The Morgan fingerprint density at radius 3 is 3.19 bits per heavy atom. The summed E-state index contributed by atoms with van der Waals surface area (Å²) in [4.78, 5) is 7.55. The van der Waals surface area contributed by atoms with Crippen LogP contribution in [-0.2, 0) is 4.74 Å². The molecular formula is C11H12ClN3O. The Morgan fingerprint density at radius 1 is 1.44 bits per heavy atom. The second-order valence-corrected chi connectivity index (χ2v) is 4.31. The van der Waals surface area contributed by atoms with E-state index in [4.69, 9.17) is 16.3 Å². The highest BCUT2D eigenvalue weighted by Crippen LogP contribution is 2.23. The van der Waals surface area contributed by atoms with Crippen molar-refractivity contribution in [3.63, 3.8) is 0 Å². The Kier molecular flexibility index (Phi) is 2.55. The maximum Gasteiger partial charge on any atom is 0.110 e. The number of halogens is 1. The predicted molar refractivity (Wildman–Crippen MR) is 62.7 cm³/mol. The van der Waals surface area contributed by atoms with Crippen LogP contribution in [0.5, 0.6) is 0 Å². The molecule has 4 nitrogen and oxygen atoms in total. The monoisotopic (exact) mass is 237 g/mol. The second kappa shape index (κ2) is 4.05. The lowest BCUT2D eigenvalue weighted by molar-refractivity contribution is 0.0255. The first-order valence-electron chi connectivity index (χ1n) is 5.29. The minimum Gasteiger partial charge on any atom is -0.369 e. The van der Waals surface area contributed by atoms with Gasteiger partial charge in [-0.15, -0.1) is 0 Å². The SMILES string of the molecule is Clc1cnc2cc(C3CNCCO3)[nH]c2c1. The van der Waals surface area contributed by atoms with Crippen molar-refractivity contribution in [3.05, 3.63) is 29.0 Å². The average Bonchev–Trinajstić information content (AvgIpc) is 2.73. The fraction of sp³-hybridized carbons (Fsp3) is 0.364. The molecule has 1 atom stereocenters. The van der Waals surface area contributed by atoms with Crippen LogP contribution in [0.2, 0.25) is 5.02 Å². The third kappa shape index (κ3) is 1.80. The van der Waals surface area contributed by atoms with Crippen molar-refractivity contribution in [2.24, 2.45) is 0 Å². The highest BCUT2D eigenvalue weighted by molar-refractivity contribution is 6.31. The lowest BCUT2D eigenvalue weighted by Crippen LogP contribution is -2.33. The van der Waals surface area contributed by atoms with Gasteiger partial charge >= 0.3 is 0 Å². The molecule has 0 aliphatic carbocycles. The van der Waals surface area contributed by atoms with Gasteiger partial charge in [-0.25, -0.2) is 0 Å². The van der Waals surface area contributed by atoms with Gasteiger partial charge in [-0.3, -0.25) is 4.98 Å². The molecule has 2 aromatic rings. The highest BCUT2D eigenvalue weighted by atomic mass is 35.5. The molecule has 16 heavy (non-hydrogen) atoms. The van der Waals surface area contributed by atoms with Crippen molar-refractivity contribution in [2.45, 2.75) is 6.10 Å². The molecule has 0 saturated carbocycles. The van der Waals surface area contributed by atoms with Gasteiger partial charge in [0.25, 0.3) is 0 Å². The van der Waals surface area contributed by atoms with Crippen molar-refractivity contribution >= 4 is 22.6 Å². The molecule has 0 spiro atoms. The van der Waals surface area contributed by atoms with Crippen LogP contribution in [0.3, 0.4) is 0 Å². The second-order valence-electron chi connectivity index (χ2n) is 3.87. The molecule has 3 rings (SSSR count). The fourth-order valence-electron chi connectivity index (χ4n) is 1.94. The summed E-state index contributed by atoms with van der Waals surface area (Å²) in [6.45, 7) is 2.50. The summed E-state index contributed by atoms with van der Waals surface area (Å²) in [6.07, 6.45) is 1.74. The number of pyridine rings is 1. The van der Waals surface area contributed by atoms with Crippen LogP contribution >= 0.6 is 11.6 Å². The van der Waals surface area contributed by atoms with Gasteiger partial charge in [0.2, 0.25) is 0 Å². The summed E-state index contributed by atoms with van der Waals surface area (Å²) in [5.74, 6) is 0. The molecule has 2 N–H and O–H groups in total. The molecule has 5 heteroatoms. The van der Waals surface area contributed by atoms with E-state index in [0.717, 1.165) is 36.4 Å². The van der Waals surface area contributed by atoms with E-state index < -0.39 is 0 Å². The first-order valence-corrected chi connectivity index (χ1v) is 5.67. The van der Waals surface area contributed by atoms with Gasteiger partial charge in [-0.05, 0) is 12.1 Å². The molecule has 0 bridgehead atoms. The number of fused-ring (bicyclic) bond motifs is 1. The van der Waals surface area contributed by atoms with Gasteiger partial charge in [-0.2, -0.15) is 0 Å². The van der Waals surface area contributed by atoms with Gasteiger partial charge in [-0.1, -0.05) is 11.6 Å². The minimum absolute atomic E-state index is 0.0849. The summed E-state index contributed by atoms with van der Waals surface area (Å²) in [5, 5.41) is 3.94. The molecule has 1 fully saturated rings. The number of rotatable bonds is 1. The Balaban J connectivity index is 1.97. The van der Waals surface area contributed by atoms with Crippen molar-refractivity contribution in [2.75, 3.05) is 19.7 Å². The van der Waals surface area contributed by atoms with E-state index in [1.165, 1.54) is 0 Å². The van der Waals surface area contributed by atoms with Crippen LogP contribution in [0.1, 0.15) is 11.8 Å². The van der Waals surface area contributed by atoms with E-state index in [0.29, 0.717) is 5.02 Å². The lowest BCUT2D eigenvalue weighted by atomic mass is 10.2. The van der Waals surface area contributed by atoms with E-state index in [-0.39, 0.29) is 6.10 Å². The quantitative estimate of drug-likeness (QED) is 0.796. The maximum atomic E-state index is 5.89. The number of nitrogens with zero attached hydrogens (tertiary/aromatic N) is 1. The summed E-state index contributed by atoms with van der Waals surface area (Å²) in [5.41, 5.74) is 2.93. The number of H-pyrrole nitrogens is 1. The standard InChI is InChI=1S/C11H12ClN3O/c12-7-3-9-8(14-5-7)4-10(15-9)11-6-13-1-2-16-11/h3-5,11,13,15H,1-2,6H2. The molecule has 1 unspecified atom stereocenters. The number of hydrogen-bond donors (Lipinski definition) is 2. The van der Waals surface area contributed by atoms with Crippen LogP contribution < -0.4 is 5.32 Å². The topological polar surface area (TPSA) is 49.9 Å². The highest BCUT2D eigenvalue weighted by Gasteiger charge is 2.17. The molecule has 3 heterocycles. The first-order chi connectivity index (χ1) is 7.83. The van der Waals surface area contributed by atoms with E-state index in [1.807, 2.05) is 12.1 Å². The first kappa shape index (κ1) is 10.1. The minimum atomic E-state index is 0.0849. The molecular weight excluding hydrogens is 226 g/mol. The van der Waals surface area contributed by atoms with Crippen LogP contribution in [0, 0.1) is 0 Å². The summed E-state index contributed by atoms with van der Waals surface area (Å²) in [6, 6.07) is 3.90. The summed E-state index contributed by atoms with van der Waals surface area (Å²) in [7, 11) is 0. The molecule has 1 aliphatic heterocycles. The number of ether oxygens (including phenoxy) is 1. The molecule has 1 saturated heterocycles. The van der Waals surface area contributed by atoms with E-state index in [9.17, 15) is 0 Å². The predicted octanol–water partition coefficient (Wildman–Crippen LogP) is 1.88. The lowest BCUT2D eigenvalue weighted by Gasteiger charge is -2.22. The van der Waals surface area contributed by atoms with Crippen LogP contribution in [0.4, 0.5) is 0 Å². The van der Waals surface area contributed by atoms with Crippen LogP contribution in [0.25, 0.3) is 11.0 Å². The number of hydrogen-bond acceptors (Lipinski definition) is 3. The fourth-order valence-corrected chi connectivity index (χ4v) is 2.10. The van der Waals surface area contributed by atoms with Crippen molar-refractivity contribution in [3.8, 4) is 0 Å². The largest absolute Gasteiger partial charge is 0.369 e. The van der Waals surface area contributed by atoms with Gasteiger partial charge in [0, 0.05) is 25.0 Å². The molecule has 0 radical (unpaired) electrons. The van der Waals surface area contributed by atoms with Gasteiger partial charge in [0.05, 0.1) is 22.7 Å². The third-order valence-corrected chi connectivity index (χ3v) is 2.94. The van der Waals surface area contributed by atoms with Gasteiger partial charge in [0.1, 0.15) is 6.10 Å². The Hall–Kier alpha value is -1.10. The molecule has 1 aliphatic rings. The number of aromatic amines is 1. The van der Waals surface area contributed by atoms with Crippen molar-refractivity contribution in [1.29, 1.82) is 0 Å². The van der Waals surface area contributed by atoms with Crippen LogP contribution in [0.15, 0.2) is 18.3 Å². The van der Waals surface area contributed by atoms with Gasteiger partial charge < -0.3 is 15.0 Å². The summed E-state index contributed by atoms with van der Waals surface area (Å²) >= 11 is 5.89. The maximum absolute atomic E-state index is 5.89. The Labute approximate surface area is 98.0 Å². The number of morpholine rings is 1. The smallest absolute Gasteiger partial charge is 0.110 e. The van der Waals surface area contributed by atoms with E-state index in [1.54, 1.807) is 6.20 Å². The molecule has 0 aromatic carbocycles. The van der Waals surface area contributed by atoms with E-state index >= 15 is 0 Å². The molecule has 0 amide bonds. The molecule has 84 valence electrons. The van der Waals surface area contributed by atoms with Crippen molar-refractivity contribution in [1.82, 2.24) is 15.3 Å². The van der Waals surface area contributed by atoms with Crippen LogP contribution in [-0.4, -0.2) is 29.7 Å². The zero-order valence-corrected chi connectivity index (χ0v) is 9.42. The van der Waals surface area contributed by atoms with Crippen molar-refractivity contribution < 1.29 is 4.74 Å². The third-order valence-electron chi connectivity index (χ3n) is 2.73. The Morgan fingerprint density at radius 2 is 2.38 bits per heavy atom.